The van der Waals surface area contributed by atoms with Crippen LogP contribution < -0.4 is 0 Å². The van der Waals surface area contributed by atoms with E-state index in [1.54, 1.807) is 5.51 Å². The van der Waals surface area contributed by atoms with Crippen LogP contribution in [0.2, 0.25) is 0 Å². The number of hydrogen-bond donors (Lipinski definition) is 0. The van der Waals surface area contributed by atoms with Crippen LogP contribution in [0.4, 0.5) is 0 Å². The first-order chi connectivity index (χ1) is 10.8. The minimum absolute atomic E-state index is 0.127. The number of likely N-dealkylation sites (tertiary alicyclic amines) is 2. The molecule has 2 atom stereocenters. The zero-order valence-corrected chi connectivity index (χ0v) is 13.6. The fourth-order valence-electron chi connectivity index (χ4n) is 4.28. The van der Waals surface area contributed by atoms with Gasteiger partial charge in [-0.25, -0.2) is 4.98 Å². The molecule has 3 aliphatic rings. The van der Waals surface area contributed by atoms with E-state index in [0.717, 1.165) is 45.1 Å². The second kappa shape index (κ2) is 6.26. The van der Waals surface area contributed by atoms with E-state index in [-0.39, 0.29) is 5.91 Å². The van der Waals surface area contributed by atoms with Gasteiger partial charge in [0.15, 0.2) is 0 Å². The molecule has 3 fully saturated rings. The lowest BCUT2D eigenvalue weighted by Crippen LogP contribution is -2.41. The van der Waals surface area contributed by atoms with Crippen molar-refractivity contribution in [2.75, 3.05) is 32.8 Å². The molecule has 1 amide bonds. The third kappa shape index (κ3) is 2.68. The zero-order chi connectivity index (χ0) is 14.9. The first kappa shape index (κ1) is 14.6. The molecule has 3 aliphatic heterocycles. The highest BCUT2D eigenvalue weighted by molar-refractivity contribution is 7.07. The van der Waals surface area contributed by atoms with E-state index in [1.165, 1.54) is 30.7 Å². The number of thiazole rings is 1. The maximum absolute atomic E-state index is 12.6. The molecule has 0 aliphatic carbocycles. The number of fused-ring (bicyclic) bond motifs is 1. The molecule has 0 saturated carbocycles. The van der Waals surface area contributed by atoms with Crippen LogP contribution >= 0.6 is 11.3 Å². The number of aromatic nitrogens is 1. The molecule has 1 aromatic heterocycles. The molecular formula is C16H23N3O2S. The van der Waals surface area contributed by atoms with Crippen LogP contribution in [0.1, 0.15) is 36.2 Å². The molecular weight excluding hydrogens is 298 g/mol. The molecule has 4 heterocycles. The molecule has 1 aromatic rings. The topological polar surface area (TPSA) is 45.7 Å². The van der Waals surface area contributed by atoms with Crippen molar-refractivity contribution >= 4 is 17.2 Å². The predicted molar refractivity (Wildman–Crippen MR) is 85.1 cm³/mol. The van der Waals surface area contributed by atoms with E-state index < -0.39 is 0 Å². The zero-order valence-electron chi connectivity index (χ0n) is 12.8. The highest BCUT2D eigenvalue weighted by Gasteiger charge is 2.45. The average Bonchev–Trinajstić information content (AvgIpc) is 3.26. The van der Waals surface area contributed by atoms with Gasteiger partial charge in [-0.1, -0.05) is 0 Å². The highest BCUT2D eigenvalue weighted by atomic mass is 32.1. The van der Waals surface area contributed by atoms with Crippen molar-refractivity contribution in [1.29, 1.82) is 0 Å². The Morgan fingerprint density at radius 2 is 2.05 bits per heavy atom. The summed E-state index contributed by atoms with van der Waals surface area (Å²) in [5.74, 6) is 0.900. The number of carbonyl (C=O) groups is 1. The first-order valence-corrected chi connectivity index (χ1v) is 9.28. The van der Waals surface area contributed by atoms with Gasteiger partial charge in [0.25, 0.3) is 5.91 Å². The monoisotopic (exact) mass is 321 g/mol. The summed E-state index contributed by atoms with van der Waals surface area (Å²) >= 11 is 1.49. The Kier molecular flexibility index (Phi) is 4.15. The maximum Gasteiger partial charge on any atom is 0.273 e. The summed E-state index contributed by atoms with van der Waals surface area (Å²) in [5.41, 5.74) is 2.36. The number of hydrogen-bond acceptors (Lipinski definition) is 5. The van der Waals surface area contributed by atoms with Gasteiger partial charge in [-0.05, 0) is 31.6 Å². The van der Waals surface area contributed by atoms with Gasteiger partial charge in [-0.15, -0.1) is 11.3 Å². The molecule has 0 spiro atoms. The van der Waals surface area contributed by atoms with E-state index in [9.17, 15) is 4.79 Å². The normalized spacial score (nSPS) is 29.9. The van der Waals surface area contributed by atoms with Crippen molar-refractivity contribution in [3.8, 4) is 0 Å². The SMILES string of the molecule is O=C(c1cscn1)N1CC[C@@H]2[C@H]1CCN2CC1CCOCC1. The minimum atomic E-state index is 0.127. The van der Waals surface area contributed by atoms with E-state index in [4.69, 9.17) is 4.74 Å². The van der Waals surface area contributed by atoms with E-state index in [1.807, 2.05) is 5.38 Å². The van der Waals surface area contributed by atoms with Crippen molar-refractivity contribution in [3.63, 3.8) is 0 Å². The maximum atomic E-state index is 12.6. The molecule has 0 bridgehead atoms. The summed E-state index contributed by atoms with van der Waals surface area (Å²) in [6, 6.07) is 0.958. The smallest absolute Gasteiger partial charge is 0.273 e. The second-order valence-corrected chi connectivity index (χ2v) is 7.35. The molecule has 5 nitrogen and oxygen atoms in total. The van der Waals surface area contributed by atoms with E-state index >= 15 is 0 Å². The van der Waals surface area contributed by atoms with Crippen LogP contribution in [0.3, 0.4) is 0 Å². The molecule has 4 rings (SSSR count). The Morgan fingerprint density at radius 1 is 1.23 bits per heavy atom. The Morgan fingerprint density at radius 3 is 2.82 bits per heavy atom. The molecule has 6 heteroatoms. The van der Waals surface area contributed by atoms with Gasteiger partial charge < -0.3 is 9.64 Å². The number of carbonyl (C=O) groups excluding carboxylic acids is 1. The standard InChI is InChI=1S/C16H23N3O2S/c20-16(13-10-22-11-17-13)19-6-2-14-15(19)1-5-18(14)9-12-3-7-21-8-4-12/h10-12,14-15H,1-9H2/t14-,15-/m1/s1. The van der Waals surface area contributed by atoms with Crippen molar-refractivity contribution in [2.45, 2.75) is 37.8 Å². The summed E-state index contributed by atoms with van der Waals surface area (Å²) < 4.78 is 5.46. The van der Waals surface area contributed by atoms with Crippen LogP contribution in [-0.2, 0) is 4.74 Å². The second-order valence-electron chi connectivity index (χ2n) is 6.63. The highest BCUT2D eigenvalue weighted by Crippen LogP contribution is 2.34. The summed E-state index contributed by atoms with van der Waals surface area (Å²) in [4.78, 5) is 21.5. The molecule has 0 radical (unpaired) electrons. The predicted octanol–water partition coefficient (Wildman–Crippen LogP) is 1.86. The van der Waals surface area contributed by atoms with E-state index in [0.29, 0.717) is 17.8 Å². The largest absolute Gasteiger partial charge is 0.381 e. The van der Waals surface area contributed by atoms with Crippen molar-refractivity contribution in [2.24, 2.45) is 5.92 Å². The molecule has 120 valence electrons. The van der Waals surface area contributed by atoms with Gasteiger partial charge in [-0.3, -0.25) is 9.69 Å². The molecule has 3 saturated heterocycles. The fraction of sp³-hybridized carbons (Fsp3) is 0.750. The molecule has 0 unspecified atom stereocenters. The summed E-state index contributed by atoms with van der Waals surface area (Å²) in [6.45, 7) is 5.04. The Balaban J connectivity index is 1.39. The summed E-state index contributed by atoms with van der Waals surface area (Å²) in [6.07, 6.45) is 4.61. The van der Waals surface area contributed by atoms with Gasteiger partial charge in [0.1, 0.15) is 5.69 Å². The van der Waals surface area contributed by atoms with Crippen LogP contribution in [0.25, 0.3) is 0 Å². The van der Waals surface area contributed by atoms with Crippen molar-refractivity contribution < 1.29 is 9.53 Å². The van der Waals surface area contributed by atoms with Gasteiger partial charge in [0, 0.05) is 50.3 Å². The van der Waals surface area contributed by atoms with Crippen LogP contribution in [0.15, 0.2) is 10.9 Å². The van der Waals surface area contributed by atoms with Gasteiger partial charge in [0.05, 0.1) is 5.51 Å². The lowest BCUT2D eigenvalue weighted by Gasteiger charge is -2.30. The Bertz CT molecular complexity index is 515. The van der Waals surface area contributed by atoms with Crippen LogP contribution in [0, 0.1) is 5.92 Å². The number of ether oxygens (including phenoxy) is 1. The third-order valence-corrected chi connectivity index (χ3v) is 6.02. The van der Waals surface area contributed by atoms with Crippen LogP contribution in [0.5, 0.6) is 0 Å². The average molecular weight is 321 g/mol. The molecule has 0 N–H and O–H groups in total. The Labute approximate surface area is 135 Å². The Hall–Kier alpha value is -0.980. The molecule has 22 heavy (non-hydrogen) atoms. The minimum Gasteiger partial charge on any atom is -0.381 e. The van der Waals surface area contributed by atoms with Crippen LogP contribution in [-0.4, -0.2) is 65.6 Å². The third-order valence-electron chi connectivity index (χ3n) is 5.44. The first-order valence-electron chi connectivity index (χ1n) is 8.34. The van der Waals surface area contributed by atoms with Gasteiger partial charge in [0.2, 0.25) is 0 Å². The summed E-state index contributed by atoms with van der Waals surface area (Å²) in [7, 11) is 0. The van der Waals surface area contributed by atoms with Crippen molar-refractivity contribution in [3.05, 3.63) is 16.6 Å². The fourth-order valence-corrected chi connectivity index (χ4v) is 4.81. The molecule has 0 aromatic carbocycles. The number of amides is 1. The van der Waals surface area contributed by atoms with E-state index in [2.05, 4.69) is 14.8 Å². The van der Waals surface area contributed by atoms with Gasteiger partial charge >= 0.3 is 0 Å². The van der Waals surface area contributed by atoms with Gasteiger partial charge in [-0.2, -0.15) is 0 Å². The lowest BCUT2D eigenvalue weighted by molar-refractivity contribution is 0.0502. The lowest BCUT2D eigenvalue weighted by atomic mass is 9.99. The summed E-state index contributed by atoms with van der Waals surface area (Å²) in [5, 5.41) is 1.87. The number of rotatable bonds is 3. The number of nitrogens with zero attached hydrogens (tertiary/aromatic N) is 3. The quantitative estimate of drug-likeness (QED) is 0.852. The van der Waals surface area contributed by atoms with Crippen molar-refractivity contribution in [1.82, 2.24) is 14.8 Å².